The number of nitrogens with zero attached hydrogens (tertiary/aromatic N) is 3. The maximum atomic E-state index is 4.46. The molecule has 1 N–H and O–H groups in total. The summed E-state index contributed by atoms with van der Waals surface area (Å²) in [6.45, 7) is 6.67. The Kier molecular flexibility index (Phi) is 6.22. The molecule has 0 aliphatic heterocycles. The third-order valence-electron chi connectivity index (χ3n) is 5.22. The molecular weight excluding hydrogens is 260 g/mol. The molecular formula is C17H32N4. The molecule has 0 amide bonds. The van der Waals surface area contributed by atoms with E-state index >= 15 is 0 Å². The highest BCUT2D eigenvalue weighted by atomic mass is 15.3. The van der Waals surface area contributed by atoms with E-state index < -0.39 is 0 Å². The van der Waals surface area contributed by atoms with Crippen LogP contribution in [-0.2, 0) is 13.5 Å². The van der Waals surface area contributed by atoms with Gasteiger partial charge in [0.2, 0.25) is 0 Å². The second-order valence-corrected chi connectivity index (χ2v) is 6.84. The first-order valence-electron chi connectivity index (χ1n) is 8.72. The van der Waals surface area contributed by atoms with Crippen molar-refractivity contribution in [2.45, 2.75) is 65.2 Å². The Hall–Kier alpha value is -0.900. The zero-order valence-corrected chi connectivity index (χ0v) is 14.1. The topological polar surface area (TPSA) is 42.7 Å². The number of hydrogen-bond donors (Lipinski definition) is 1. The van der Waals surface area contributed by atoms with Gasteiger partial charge in [0.25, 0.3) is 0 Å². The molecule has 21 heavy (non-hydrogen) atoms. The van der Waals surface area contributed by atoms with Gasteiger partial charge in [0.1, 0.15) is 12.2 Å². The lowest BCUT2D eigenvalue weighted by atomic mass is 9.67. The quantitative estimate of drug-likeness (QED) is 0.799. The van der Waals surface area contributed by atoms with Gasteiger partial charge in [0.15, 0.2) is 0 Å². The van der Waals surface area contributed by atoms with Gasteiger partial charge in [-0.05, 0) is 43.6 Å². The molecule has 0 bridgehead atoms. The minimum absolute atomic E-state index is 0.388. The summed E-state index contributed by atoms with van der Waals surface area (Å²) in [5.41, 5.74) is 0.388. The molecule has 0 saturated heterocycles. The van der Waals surface area contributed by atoms with Crippen LogP contribution in [0, 0.1) is 11.3 Å². The summed E-state index contributed by atoms with van der Waals surface area (Å²) in [6.07, 6.45) is 12.4. The predicted octanol–water partition coefficient (Wildman–Crippen LogP) is 3.33. The Morgan fingerprint density at radius 3 is 2.67 bits per heavy atom. The number of hydrogen-bond acceptors (Lipinski definition) is 3. The van der Waals surface area contributed by atoms with E-state index in [0.29, 0.717) is 5.41 Å². The lowest BCUT2D eigenvalue weighted by Crippen LogP contribution is -2.40. The zero-order valence-electron chi connectivity index (χ0n) is 14.1. The van der Waals surface area contributed by atoms with Crippen molar-refractivity contribution in [1.29, 1.82) is 0 Å². The summed E-state index contributed by atoms with van der Waals surface area (Å²) < 4.78 is 1.94. The molecule has 1 aromatic heterocycles. The standard InChI is InChI=1S/C17H32N4/c1-4-6-7-15-8-10-17(11-9-15,13-18-5-2)12-16-19-14-20-21(16)3/h14-15,18H,4-13H2,1-3H3. The average molecular weight is 292 g/mol. The van der Waals surface area contributed by atoms with Crippen LogP contribution >= 0.6 is 0 Å². The Balaban J connectivity index is 1.97. The van der Waals surface area contributed by atoms with Crippen molar-refractivity contribution in [3.63, 3.8) is 0 Å². The first kappa shape index (κ1) is 16.5. The Labute approximate surface area is 129 Å². The van der Waals surface area contributed by atoms with Crippen LogP contribution < -0.4 is 5.32 Å². The van der Waals surface area contributed by atoms with Gasteiger partial charge in [-0.3, -0.25) is 4.68 Å². The molecule has 1 aliphatic carbocycles. The van der Waals surface area contributed by atoms with Crippen LogP contribution in [0.15, 0.2) is 6.33 Å². The minimum atomic E-state index is 0.388. The second kappa shape index (κ2) is 7.92. The Morgan fingerprint density at radius 1 is 1.33 bits per heavy atom. The Bertz CT molecular complexity index is 405. The number of aromatic nitrogens is 3. The van der Waals surface area contributed by atoms with Crippen molar-refractivity contribution < 1.29 is 0 Å². The summed E-state index contributed by atoms with van der Waals surface area (Å²) in [4.78, 5) is 4.46. The maximum absolute atomic E-state index is 4.46. The van der Waals surface area contributed by atoms with Crippen LogP contribution in [0.4, 0.5) is 0 Å². The molecule has 2 rings (SSSR count). The molecule has 0 aromatic carbocycles. The van der Waals surface area contributed by atoms with E-state index in [9.17, 15) is 0 Å². The Morgan fingerprint density at radius 2 is 2.10 bits per heavy atom. The maximum Gasteiger partial charge on any atom is 0.138 e. The monoisotopic (exact) mass is 292 g/mol. The molecule has 1 saturated carbocycles. The molecule has 0 atom stereocenters. The SMILES string of the molecule is CCCCC1CCC(CNCC)(Cc2ncnn2C)CC1. The van der Waals surface area contributed by atoms with Gasteiger partial charge in [-0.2, -0.15) is 5.10 Å². The minimum Gasteiger partial charge on any atom is -0.316 e. The molecule has 0 spiro atoms. The van der Waals surface area contributed by atoms with Gasteiger partial charge >= 0.3 is 0 Å². The number of aryl methyl sites for hydroxylation is 1. The second-order valence-electron chi connectivity index (χ2n) is 6.84. The molecule has 4 nitrogen and oxygen atoms in total. The van der Waals surface area contributed by atoms with Crippen LogP contribution in [0.5, 0.6) is 0 Å². The smallest absolute Gasteiger partial charge is 0.138 e. The van der Waals surface area contributed by atoms with Gasteiger partial charge in [-0.15, -0.1) is 0 Å². The van der Waals surface area contributed by atoms with Gasteiger partial charge in [0.05, 0.1) is 0 Å². The van der Waals surface area contributed by atoms with E-state index in [2.05, 4.69) is 29.2 Å². The van der Waals surface area contributed by atoms with Crippen LogP contribution in [-0.4, -0.2) is 27.9 Å². The van der Waals surface area contributed by atoms with E-state index in [1.54, 1.807) is 6.33 Å². The number of rotatable bonds is 8. The van der Waals surface area contributed by atoms with Gasteiger partial charge in [-0.25, -0.2) is 4.98 Å². The lowest BCUT2D eigenvalue weighted by molar-refractivity contribution is 0.135. The zero-order chi connectivity index (χ0) is 15.1. The highest BCUT2D eigenvalue weighted by Crippen LogP contribution is 2.42. The van der Waals surface area contributed by atoms with E-state index in [-0.39, 0.29) is 0 Å². The fraction of sp³-hybridized carbons (Fsp3) is 0.882. The summed E-state index contributed by atoms with van der Waals surface area (Å²) >= 11 is 0. The van der Waals surface area contributed by atoms with E-state index in [1.807, 2.05) is 11.7 Å². The third-order valence-corrected chi connectivity index (χ3v) is 5.22. The summed E-state index contributed by atoms with van der Waals surface area (Å²) in [6, 6.07) is 0. The lowest BCUT2D eigenvalue weighted by Gasteiger charge is -2.40. The van der Waals surface area contributed by atoms with E-state index in [0.717, 1.165) is 31.3 Å². The largest absolute Gasteiger partial charge is 0.316 e. The van der Waals surface area contributed by atoms with Crippen molar-refractivity contribution in [3.05, 3.63) is 12.2 Å². The molecule has 1 fully saturated rings. The van der Waals surface area contributed by atoms with Crippen molar-refractivity contribution in [3.8, 4) is 0 Å². The van der Waals surface area contributed by atoms with Gasteiger partial charge in [0, 0.05) is 20.0 Å². The predicted molar refractivity (Wildman–Crippen MR) is 87.2 cm³/mol. The normalized spacial score (nSPS) is 26.1. The molecule has 1 heterocycles. The van der Waals surface area contributed by atoms with Crippen LogP contribution in [0.3, 0.4) is 0 Å². The van der Waals surface area contributed by atoms with E-state index in [1.165, 1.54) is 44.9 Å². The first-order valence-corrected chi connectivity index (χ1v) is 8.72. The van der Waals surface area contributed by atoms with Gasteiger partial charge < -0.3 is 5.32 Å². The fourth-order valence-corrected chi connectivity index (χ4v) is 3.69. The molecule has 0 unspecified atom stereocenters. The third kappa shape index (κ3) is 4.53. The summed E-state index contributed by atoms with van der Waals surface area (Å²) in [7, 11) is 2.01. The van der Waals surface area contributed by atoms with Crippen molar-refractivity contribution in [1.82, 2.24) is 20.1 Å². The van der Waals surface area contributed by atoms with Crippen LogP contribution in [0.2, 0.25) is 0 Å². The average Bonchev–Trinajstić information content (AvgIpc) is 2.90. The van der Waals surface area contributed by atoms with Crippen LogP contribution in [0.25, 0.3) is 0 Å². The number of unbranched alkanes of at least 4 members (excludes halogenated alkanes) is 1. The molecule has 0 radical (unpaired) electrons. The summed E-state index contributed by atoms with van der Waals surface area (Å²) in [5.74, 6) is 2.10. The highest BCUT2D eigenvalue weighted by Gasteiger charge is 2.36. The van der Waals surface area contributed by atoms with Crippen molar-refractivity contribution in [2.75, 3.05) is 13.1 Å². The fourth-order valence-electron chi connectivity index (χ4n) is 3.69. The van der Waals surface area contributed by atoms with Crippen LogP contribution in [0.1, 0.15) is 64.6 Å². The van der Waals surface area contributed by atoms with E-state index in [4.69, 9.17) is 0 Å². The molecule has 1 aromatic rings. The van der Waals surface area contributed by atoms with Crippen molar-refractivity contribution in [2.24, 2.45) is 18.4 Å². The molecule has 4 heteroatoms. The van der Waals surface area contributed by atoms with Crippen molar-refractivity contribution >= 4 is 0 Å². The molecule has 120 valence electrons. The first-order chi connectivity index (χ1) is 10.2. The molecule has 1 aliphatic rings. The number of nitrogens with one attached hydrogen (secondary N) is 1. The summed E-state index contributed by atoms with van der Waals surface area (Å²) in [5, 5.41) is 7.83. The highest BCUT2D eigenvalue weighted by molar-refractivity contribution is 4.97. The van der Waals surface area contributed by atoms with Gasteiger partial charge in [-0.1, -0.05) is 33.1 Å².